The monoisotopic (exact) mass is 442 g/mol. The van der Waals surface area contributed by atoms with Gasteiger partial charge in [0.1, 0.15) is 5.76 Å². The molecular weight excluding hydrogens is 424 g/mol. The lowest BCUT2D eigenvalue weighted by Crippen LogP contribution is -2.29. The zero-order chi connectivity index (χ0) is 22.4. The summed E-state index contributed by atoms with van der Waals surface area (Å²) >= 11 is 6.04. The van der Waals surface area contributed by atoms with Gasteiger partial charge >= 0.3 is 0 Å². The minimum absolute atomic E-state index is 0.0558. The number of hydrogen-bond donors (Lipinski definition) is 2. The first-order valence-corrected chi connectivity index (χ1v) is 10.5. The number of nitrogens with one attached hydrogen (secondary N) is 1. The first-order chi connectivity index (χ1) is 15.5. The molecule has 158 valence electrons. The minimum Gasteiger partial charge on any atom is -0.507 e. The number of para-hydroxylation sites is 1. The van der Waals surface area contributed by atoms with E-state index in [4.69, 9.17) is 11.6 Å². The second-order valence-corrected chi connectivity index (χ2v) is 8.24. The van der Waals surface area contributed by atoms with Crippen LogP contribution in [0, 0.1) is 6.92 Å². The summed E-state index contributed by atoms with van der Waals surface area (Å²) in [6.45, 7) is 1.94. The highest BCUT2D eigenvalue weighted by Gasteiger charge is 2.47. The van der Waals surface area contributed by atoms with Crippen LogP contribution < -0.4 is 4.90 Å². The molecule has 4 aromatic rings. The van der Waals surface area contributed by atoms with Gasteiger partial charge < -0.3 is 10.1 Å². The number of amides is 1. The van der Waals surface area contributed by atoms with E-state index in [1.807, 2.05) is 55.5 Å². The molecule has 32 heavy (non-hydrogen) atoms. The van der Waals surface area contributed by atoms with Gasteiger partial charge in [-0.25, -0.2) is 0 Å². The summed E-state index contributed by atoms with van der Waals surface area (Å²) < 4.78 is 0. The molecule has 1 aromatic heterocycles. The zero-order valence-electron chi connectivity index (χ0n) is 17.2. The summed E-state index contributed by atoms with van der Waals surface area (Å²) in [5, 5.41) is 12.6. The van der Waals surface area contributed by atoms with Crippen LogP contribution >= 0.6 is 11.6 Å². The highest BCUT2D eigenvalue weighted by molar-refractivity contribution is 6.51. The maximum Gasteiger partial charge on any atom is 0.300 e. The lowest BCUT2D eigenvalue weighted by molar-refractivity contribution is -0.132. The molecule has 5 nitrogen and oxygen atoms in total. The van der Waals surface area contributed by atoms with E-state index < -0.39 is 17.7 Å². The van der Waals surface area contributed by atoms with Gasteiger partial charge in [0, 0.05) is 33.4 Å². The number of Topliss-reactive ketones (excluding diaryl/α,β-unsaturated/α-hetero) is 1. The second-order valence-electron chi connectivity index (χ2n) is 7.81. The molecule has 1 amide bonds. The first-order valence-electron chi connectivity index (χ1n) is 10.2. The first kappa shape index (κ1) is 20.1. The van der Waals surface area contributed by atoms with Gasteiger partial charge in [0.2, 0.25) is 0 Å². The number of aryl methyl sites for hydroxylation is 1. The van der Waals surface area contributed by atoms with Crippen molar-refractivity contribution in [2.24, 2.45) is 0 Å². The highest BCUT2D eigenvalue weighted by Crippen LogP contribution is 2.43. The van der Waals surface area contributed by atoms with E-state index in [9.17, 15) is 14.7 Å². The molecule has 0 saturated carbocycles. The fourth-order valence-electron chi connectivity index (χ4n) is 4.27. The Labute approximate surface area is 189 Å². The van der Waals surface area contributed by atoms with Crippen LogP contribution in [0.15, 0.2) is 84.6 Å². The third-order valence-corrected chi connectivity index (χ3v) is 6.00. The number of rotatable bonds is 3. The van der Waals surface area contributed by atoms with Crippen LogP contribution in [0.3, 0.4) is 0 Å². The Morgan fingerprint density at radius 2 is 1.75 bits per heavy atom. The van der Waals surface area contributed by atoms with Gasteiger partial charge in [-0.05, 0) is 42.8 Å². The molecule has 2 N–H and O–H groups in total. The number of aromatic nitrogens is 1. The molecule has 5 rings (SSSR count). The van der Waals surface area contributed by atoms with Crippen molar-refractivity contribution in [3.63, 3.8) is 0 Å². The third kappa shape index (κ3) is 3.18. The van der Waals surface area contributed by atoms with Crippen molar-refractivity contribution in [2.45, 2.75) is 13.0 Å². The Hall–Kier alpha value is -3.83. The Balaban J connectivity index is 1.76. The maximum absolute atomic E-state index is 13.3. The largest absolute Gasteiger partial charge is 0.507 e. The average molecular weight is 443 g/mol. The number of nitrogens with zero attached hydrogens (tertiary/aromatic N) is 1. The molecule has 1 aliphatic rings. The number of benzene rings is 3. The number of anilines is 1. The van der Waals surface area contributed by atoms with E-state index in [0.717, 1.165) is 22.0 Å². The molecule has 0 aliphatic carbocycles. The number of halogens is 1. The van der Waals surface area contributed by atoms with Crippen LogP contribution in [0.25, 0.3) is 16.7 Å². The number of aliphatic hydroxyl groups is 1. The van der Waals surface area contributed by atoms with Crippen molar-refractivity contribution in [3.05, 3.63) is 106 Å². The SMILES string of the molecule is Cc1cccc(C2/C(=C(/O)c3c[nH]c4ccccc34)C(=O)C(=O)N2c2ccc(Cl)cc2)c1. The summed E-state index contributed by atoms with van der Waals surface area (Å²) in [5.41, 5.74) is 3.61. The third-order valence-electron chi connectivity index (χ3n) is 5.75. The predicted octanol–water partition coefficient (Wildman–Crippen LogP) is 5.76. The van der Waals surface area contributed by atoms with E-state index >= 15 is 0 Å². The molecule has 1 saturated heterocycles. The van der Waals surface area contributed by atoms with E-state index in [-0.39, 0.29) is 11.3 Å². The Morgan fingerprint density at radius 3 is 2.50 bits per heavy atom. The summed E-state index contributed by atoms with van der Waals surface area (Å²) in [6.07, 6.45) is 1.66. The van der Waals surface area contributed by atoms with Crippen molar-refractivity contribution in [1.29, 1.82) is 0 Å². The van der Waals surface area contributed by atoms with Gasteiger partial charge in [-0.1, -0.05) is 59.6 Å². The van der Waals surface area contributed by atoms with Crippen molar-refractivity contribution >= 4 is 45.6 Å². The van der Waals surface area contributed by atoms with Crippen molar-refractivity contribution in [3.8, 4) is 0 Å². The van der Waals surface area contributed by atoms with E-state index in [0.29, 0.717) is 16.3 Å². The van der Waals surface area contributed by atoms with Gasteiger partial charge in [-0.2, -0.15) is 0 Å². The number of aromatic amines is 1. The van der Waals surface area contributed by atoms with Crippen LogP contribution in [-0.4, -0.2) is 21.8 Å². The molecule has 1 fully saturated rings. The minimum atomic E-state index is -0.773. The van der Waals surface area contributed by atoms with Crippen LogP contribution in [-0.2, 0) is 9.59 Å². The average Bonchev–Trinajstić information content (AvgIpc) is 3.33. The number of carbonyl (C=O) groups excluding carboxylic acids is 2. The molecule has 1 unspecified atom stereocenters. The number of ketones is 1. The van der Waals surface area contributed by atoms with Crippen LogP contribution in [0.5, 0.6) is 0 Å². The lowest BCUT2D eigenvalue weighted by Gasteiger charge is -2.25. The van der Waals surface area contributed by atoms with Crippen LogP contribution in [0.4, 0.5) is 5.69 Å². The normalized spacial score (nSPS) is 17.9. The maximum atomic E-state index is 13.3. The Morgan fingerprint density at radius 1 is 1.00 bits per heavy atom. The Bertz CT molecular complexity index is 1400. The molecule has 0 radical (unpaired) electrons. The zero-order valence-corrected chi connectivity index (χ0v) is 17.9. The number of fused-ring (bicyclic) bond motifs is 1. The number of H-pyrrole nitrogens is 1. The van der Waals surface area contributed by atoms with E-state index in [2.05, 4.69) is 4.98 Å². The van der Waals surface area contributed by atoms with E-state index in [1.165, 1.54) is 4.90 Å². The second kappa shape index (κ2) is 7.70. The van der Waals surface area contributed by atoms with Gasteiger partial charge in [-0.3, -0.25) is 14.5 Å². The molecule has 1 atom stereocenters. The molecule has 2 heterocycles. The molecule has 0 spiro atoms. The summed E-state index contributed by atoms with van der Waals surface area (Å²) in [6, 6.07) is 21.0. The van der Waals surface area contributed by atoms with E-state index in [1.54, 1.807) is 30.5 Å². The van der Waals surface area contributed by atoms with Crippen LogP contribution in [0.1, 0.15) is 22.7 Å². The summed E-state index contributed by atoms with van der Waals surface area (Å²) in [7, 11) is 0. The lowest BCUT2D eigenvalue weighted by atomic mass is 9.94. The number of carbonyl (C=O) groups is 2. The van der Waals surface area contributed by atoms with Gasteiger partial charge in [-0.15, -0.1) is 0 Å². The van der Waals surface area contributed by atoms with Gasteiger partial charge in [0.25, 0.3) is 11.7 Å². The van der Waals surface area contributed by atoms with Crippen molar-refractivity contribution < 1.29 is 14.7 Å². The highest BCUT2D eigenvalue weighted by atomic mass is 35.5. The fourth-order valence-corrected chi connectivity index (χ4v) is 4.39. The smallest absolute Gasteiger partial charge is 0.300 e. The number of aliphatic hydroxyl groups excluding tert-OH is 1. The molecule has 1 aliphatic heterocycles. The molecule has 0 bridgehead atoms. The van der Waals surface area contributed by atoms with Crippen LogP contribution in [0.2, 0.25) is 5.02 Å². The molecule has 6 heteroatoms. The van der Waals surface area contributed by atoms with Crippen molar-refractivity contribution in [2.75, 3.05) is 4.90 Å². The number of hydrogen-bond acceptors (Lipinski definition) is 3. The van der Waals surface area contributed by atoms with Crippen molar-refractivity contribution in [1.82, 2.24) is 4.98 Å². The van der Waals surface area contributed by atoms with Gasteiger partial charge in [0.15, 0.2) is 0 Å². The molecular formula is C26H19ClN2O3. The predicted molar refractivity (Wildman–Crippen MR) is 126 cm³/mol. The summed E-state index contributed by atoms with van der Waals surface area (Å²) in [4.78, 5) is 31.0. The fraction of sp³-hybridized carbons (Fsp3) is 0.0769. The standard InChI is InChI=1S/C26H19ClN2O3/c1-15-5-4-6-16(13-15)23-22(24(30)20-14-28-21-8-3-2-7-19(20)21)25(31)26(32)29(23)18-11-9-17(27)10-12-18/h2-14,23,28,30H,1H3/b24-22-. The quantitative estimate of drug-likeness (QED) is 0.241. The molecule has 3 aromatic carbocycles. The topological polar surface area (TPSA) is 73.4 Å². The van der Waals surface area contributed by atoms with Gasteiger partial charge in [0.05, 0.1) is 11.6 Å². The summed E-state index contributed by atoms with van der Waals surface area (Å²) in [5.74, 6) is -1.63. The Kier molecular flexibility index (Phi) is 4.83.